The lowest BCUT2D eigenvalue weighted by atomic mass is 9.97. The van der Waals surface area contributed by atoms with E-state index in [4.69, 9.17) is 0 Å². The maximum Gasteiger partial charge on any atom is 0.274 e. The summed E-state index contributed by atoms with van der Waals surface area (Å²) in [5.74, 6) is 0.459. The fraction of sp³-hybridized carbons (Fsp3) is 0.733. The van der Waals surface area contributed by atoms with Gasteiger partial charge in [-0.3, -0.25) is 9.89 Å². The molecule has 1 amide bonds. The Hall–Kier alpha value is -1.36. The van der Waals surface area contributed by atoms with E-state index in [1.807, 2.05) is 6.07 Å². The first-order chi connectivity index (χ1) is 9.49. The zero-order valence-electron chi connectivity index (χ0n) is 12.6. The number of carbonyl (C=O) groups excluding carboxylic acids is 1. The fourth-order valence-corrected chi connectivity index (χ4v) is 2.87. The van der Waals surface area contributed by atoms with Crippen LogP contribution in [0.3, 0.4) is 0 Å². The second-order valence-electron chi connectivity index (χ2n) is 6.18. The van der Waals surface area contributed by atoms with Crippen molar-refractivity contribution in [2.45, 2.75) is 58.6 Å². The Balaban J connectivity index is 2.10. The Kier molecular flexibility index (Phi) is 4.81. The lowest BCUT2D eigenvalue weighted by Crippen LogP contribution is -2.49. The summed E-state index contributed by atoms with van der Waals surface area (Å²) in [5.41, 5.74) is 1.46. The number of aliphatic hydroxyl groups excluding tert-OH is 1. The van der Waals surface area contributed by atoms with Crippen molar-refractivity contribution in [3.05, 3.63) is 17.5 Å². The number of aromatic nitrogens is 2. The van der Waals surface area contributed by atoms with Gasteiger partial charge in [-0.25, -0.2) is 0 Å². The van der Waals surface area contributed by atoms with Gasteiger partial charge >= 0.3 is 0 Å². The van der Waals surface area contributed by atoms with Crippen molar-refractivity contribution in [3.8, 4) is 0 Å². The number of hydrogen-bond donors (Lipinski definition) is 2. The molecule has 2 N–H and O–H groups in total. The molecular weight excluding hydrogens is 254 g/mol. The minimum atomic E-state index is -0.492. The van der Waals surface area contributed by atoms with Crippen molar-refractivity contribution in [2.24, 2.45) is 5.92 Å². The SMILES string of the molecule is CC(C)Cc1cc(C(=O)N2CCCC[C@H]2[C@@H](C)O)n[nH]1. The summed E-state index contributed by atoms with van der Waals surface area (Å²) in [6, 6.07) is 1.76. The summed E-state index contributed by atoms with van der Waals surface area (Å²) in [7, 11) is 0. The molecular formula is C15H25N3O2. The molecule has 5 heteroatoms. The molecule has 1 saturated heterocycles. The van der Waals surface area contributed by atoms with Crippen LogP contribution in [0.5, 0.6) is 0 Å². The number of rotatable bonds is 4. The quantitative estimate of drug-likeness (QED) is 0.885. The fourth-order valence-electron chi connectivity index (χ4n) is 2.87. The molecule has 1 aromatic rings. The predicted octanol–water partition coefficient (Wildman–Crippen LogP) is 1.98. The Bertz CT molecular complexity index is 454. The molecule has 2 heterocycles. The standard InChI is InChI=1S/C15H25N3O2/c1-10(2)8-12-9-13(17-16-12)15(20)18-7-5-4-6-14(18)11(3)19/h9-11,14,19H,4-8H2,1-3H3,(H,16,17)/t11-,14+/m1/s1. The summed E-state index contributed by atoms with van der Waals surface area (Å²) in [6.07, 6.45) is 3.33. The van der Waals surface area contributed by atoms with E-state index >= 15 is 0 Å². The number of nitrogens with one attached hydrogen (secondary N) is 1. The Labute approximate surface area is 120 Å². The van der Waals surface area contributed by atoms with Crippen LogP contribution < -0.4 is 0 Å². The van der Waals surface area contributed by atoms with Gasteiger partial charge in [-0.05, 0) is 44.6 Å². The van der Waals surface area contributed by atoms with Gasteiger partial charge in [-0.2, -0.15) is 5.10 Å². The third-order valence-corrected chi connectivity index (χ3v) is 3.85. The molecule has 0 spiro atoms. The molecule has 20 heavy (non-hydrogen) atoms. The molecule has 1 aliphatic rings. The zero-order chi connectivity index (χ0) is 14.7. The molecule has 2 rings (SSSR count). The van der Waals surface area contributed by atoms with Gasteiger partial charge < -0.3 is 10.0 Å². The average molecular weight is 279 g/mol. The molecule has 0 radical (unpaired) electrons. The predicted molar refractivity (Wildman–Crippen MR) is 77.5 cm³/mol. The number of piperidine rings is 1. The molecule has 1 aliphatic heterocycles. The van der Waals surface area contributed by atoms with E-state index in [1.165, 1.54) is 0 Å². The number of amides is 1. The van der Waals surface area contributed by atoms with Crippen molar-refractivity contribution in [1.29, 1.82) is 0 Å². The summed E-state index contributed by atoms with van der Waals surface area (Å²) in [6.45, 7) is 6.73. The highest BCUT2D eigenvalue weighted by Gasteiger charge is 2.31. The third kappa shape index (κ3) is 3.39. The van der Waals surface area contributed by atoms with Crippen molar-refractivity contribution >= 4 is 5.91 Å². The minimum Gasteiger partial charge on any atom is -0.391 e. The summed E-state index contributed by atoms with van der Waals surface area (Å²) >= 11 is 0. The lowest BCUT2D eigenvalue weighted by molar-refractivity contribution is 0.0276. The van der Waals surface area contributed by atoms with Crippen LogP contribution in [0.1, 0.15) is 56.2 Å². The van der Waals surface area contributed by atoms with Crippen LogP contribution in [-0.2, 0) is 6.42 Å². The van der Waals surface area contributed by atoms with Crippen LogP contribution in [0.2, 0.25) is 0 Å². The van der Waals surface area contributed by atoms with Gasteiger partial charge in [-0.15, -0.1) is 0 Å². The molecule has 1 fully saturated rings. The smallest absolute Gasteiger partial charge is 0.274 e. The van der Waals surface area contributed by atoms with E-state index in [0.29, 0.717) is 18.2 Å². The van der Waals surface area contributed by atoms with Crippen molar-refractivity contribution in [1.82, 2.24) is 15.1 Å². The average Bonchev–Trinajstić information content (AvgIpc) is 2.85. The molecule has 0 unspecified atom stereocenters. The summed E-state index contributed by atoms with van der Waals surface area (Å²) < 4.78 is 0. The largest absolute Gasteiger partial charge is 0.391 e. The van der Waals surface area contributed by atoms with Crippen LogP contribution in [0.4, 0.5) is 0 Å². The molecule has 0 bridgehead atoms. The number of aliphatic hydroxyl groups is 1. The maximum atomic E-state index is 12.5. The summed E-state index contributed by atoms with van der Waals surface area (Å²) in [4.78, 5) is 14.3. The van der Waals surface area contributed by atoms with Crippen molar-refractivity contribution in [3.63, 3.8) is 0 Å². The van der Waals surface area contributed by atoms with Crippen LogP contribution >= 0.6 is 0 Å². The van der Waals surface area contributed by atoms with Gasteiger partial charge in [-0.1, -0.05) is 13.8 Å². The van der Waals surface area contributed by atoms with E-state index in [0.717, 1.165) is 31.4 Å². The topological polar surface area (TPSA) is 69.2 Å². The van der Waals surface area contributed by atoms with Gasteiger partial charge in [0.15, 0.2) is 0 Å². The van der Waals surface area contributed by atoms with E-state index in [-0.39, 0.29) is 11.9 Å². The van der Waals surface area contributed by atoms with Crippen LogP contribution in [0, 0.1) is 5.92 Å². The number of H-pyrrole nitrogens is 1. The lowest BCUT2D eigenvalue weighted by Gasteiger charge is -2.37. The second-order valence-corrected chi connectivity index (χ2v) is 6.18. The number of likely N-dealkylation sites (tertiary alicyclic amines) is 1. The first kappa shape index (κ1) is 15.0. The molecule has 2 atom stereocenters. The molecule has 0 saturated carbocycles. The minimum absolute atomic E-state index is 0.0677. The number of carbonyl (C=O) groups is 1. The Morgan fingerprint density at radius 1 is 1.50 bits per heavy atom. The first-order valence-electron chi connectivity index (χ1n) is 7.52. The number of aromatic amines is 1. The van der Waals surface area contributed by atoms with Crippen LogP contribution in [0.25, 0.3) is 0 Å². The van der Waals surface area contributed by atoms with E-state index in [9.17, 15) is 9.90 Å². The van der Waals surface area contributed by atoms with Gasteiger partial charge in [0.05, 0.1) is 12.1 Å². The third-order valence-electron chi connectivity index (χ3n) is 3.85. The van der Waals surface area contributed by atoms with E-state index < -0.39 is 6.10 Å². The maximum absolute atomic E-state index is 12.5. The number of hydrogen-bond acceptors (Lipinski definition) is 3. The molecule has 1 aromatic heterocycles. The highest BCUT2D eigenvalue weighted by atomic mass is 16.3. The van der Waals surface area contributed by atoms with E-state index in [1.54, 1.807) is 11.8 Å². The van der Waals surface area contributed by atoms with Crippen molar-refractivity contribution in [2.75, 3.05) is 6.54 Å². The van der Waals surface area contributed by atoms with Gasteiger partial charge in [0, 0.05) is 12.2 Å². The molecule has 0 aromatic carbocycles. The normalized spacial score (nSPS) is 21.2. The highest BCUT2D eigenvalue weighted by molar-refractivity contribution is 5.92. The molecule has 112 valence electrons. The molecule has 0 aliphatic carbocycles. The van der Waals surface area contributed by atoms with Crippen LogP contribution in [0.15, 0.2) is 6.07 Å². The second kappa shape index (κ2) is 6.39. The molecule has 5 nitrogen and oxygen atoms in total. The van der Waals surface area contributed by atoms with Gasteiger partial charge in [0.2, 0.25) is 0 Å². The highest BCUT2D eigenvalue weighted by Crippen LogP contribution is 2.22. The zero-order valence-corrected chi connectivity index (χ0v) is 12.6. The first-order valence-corrected chi connectivity index (χ1v) is 7.52. The number of nitrogens with zero attached hydrogens (tertiary/aromatic N) is 2. The summed E-state index contributed by atoms with van der Waals surface area (Å²) in [5, 5.41) is 16.9. The van der Waals surface area contributed by atoms with Crippen LogP contribution in [-0.4, -0.2) is 44.8 Å². The monoisotopic (exact) mass is 279 g/mol. The van der Waals surface area contributed by atoms with Gasteiger partial charge in [0.1, 0.15) is 5.69 Å². The van der Waals surface area contributed by atoms with E-state index in [2.05, 4.69) is 24.0 Å². The Morgan fingerprint density at radius 2 is 2.25 bits per heavy atom. The Morgan fingerprint density at radius 3 is 2.90 bits per heavy atom. The van der Waals surface area contributed by atoms with Gasteiger partial charge in [0.25, 0.3) is 5.91 Å². The van der Waals surface area contributed by atoms with Crippen molar-refractivity contribution < 1.29 is 9.90 Å².